The van der Waals surface area contributed by atoms with E-state index in [2.05, 4.69) is 63.7 Å². The zero-order chi connectivity index (χ0) is 45.5. The highest BCUT2D eigenvalue weighted by Crippen LogP contribution is 2.45. The van der Waals surface area contributed by atoms with Gasteiger partial charge >= 0.3 is 0 Å². The van der Waals surface area contributed by atoms with Crippen molar-refractivity contribution in [2.75, 3.05) is 26.4 Å². The summed E-state index contributed by atoms with van der Waals surface area (Å²) in [5.41, 5.74) is 12.9. The van der Waals surface area contributed by atoms with Gasteiger partial charge in [0, 0.05) is 29.6 Å². The summed E-state index contributed by atoms with van der Waals surface area (Å²) in [5.74, 6) is 0. The van der Waals surface area contributed by atoms with Crippen LogP contribution in [-0.2, 0) is 57.8 Å². The zero-order valence-electron chi connectivity index (χ0n) is 38.2. The average molecular weight is 911 g/mol. The van der Waals surface area contributed by atoms with Gasteiger partial charge in [0.25, 0.3) is 10.0 Å². The fraction of sp³-hybridized carbons (Fsp3) is 0.480. The lowest BCUT2D eigenvalue weighted by Gasteiger charge is -2.51. The van der Waals surface area contributed by atoms with E-state index in [4.69, 9.17) is 33.6 Å². The van der Waals surface area contributed by atoms with Gasteiger partial charge < -0.3 is 28.1 Å². The third-order valence-corrected chi connectivity index (χ3v) is 20.1. The maximum atomic E-state index is 14.0. The van der Waals surface area contributed by atoms with Crippen LogP contribution < -0.4 is 0 Å². The molecule has 0 N–H and O–H groups in total. The maximum Gasteiger partial charge on any atom is 0.268 e. The first-order valence-corrected chi connectivity index (χ1v) is 26.3. The van der Waals surface area contributed by atoms with Crippen LogP contribution >= 0.6 is 0 Å². The number of rotatable bonds is 25. The summed E-state index contributed by atoms with van der Waals surface area (Å²) in [5, 5.41) is 4.49. The van der Waals surface area contributed by atoms with Crippen molar-refractivity contribution in [1.82, 2.24) is 3.97 Å². The van der Waals surface area contributed by atoms with E-state index < -0.39 is 49.0 Å². The van der Waals surface area contributed by atoms with Gasteiger partial charge in [0.05, 0.1) is 36.8 Å². The Labute approximate surface area is 381 Å². The molecule has 1 aromatic heterocycles. The molecule has 1 saturated heterocycles. The molecule has 14 heteroatoms. The first-order valence-electron chi connectivity index (χ1n) is 22.7. The number of hydrogen-bond donors (Lipinski definition) is 0. The molecular weight excluding hydrogens is 845 g/mol. The molecule has 2 heterocycles. The first-order chi connectivity index (χ1) is 31.0. The molecule has 0 bridgehead atoms. The van der Waals surface area contributed by atoms with E-state index in [1.165, 1.54) is 3.97 Å². The molecule has 1 fully saturated rings. The van der Waals surface area contributed by atoms with E-state index in [1.807, 2.05) is 72.8 Å². The Balaban J connectivity index is 1.36. The minimum atomic E-state index is -3.87. The van der Waals surface area contributed by atoms with Crippen LogP contribution in [0.3, 0.4) is 0 Å². The molecule has 64 heavy (non-hydrogen) atoms. The van der Waals surface area contributed by atoms with Crippen molar-refractivity contribution in [3.05, 3.63) is 149 Å². The lowest BCUT2D eigenvalue weighted by atomic mass is 9.98. The number of unbranched alkanes of at least 4 members (excludes halogenated alkanes) is 2. The van der Waals surface area contributed by atoms with Gasteiger partial charge in [-0.1, -0.05) is 150 Å². The van der Waals surface area contributed by atoms with Crippen LogP contribution in [0.15, 0.2) is 131 Å². The van der Waals surface area contributed by atoms with Gasteiger partial charge in [0.2, 0.25) is 8.32 Å². The minimum absolute atomic E-state index is 0.212. The van der Waals surface area contributed by atoms with Gasteiger partial charge in [-0.15, -0.1) is 0 Å². The third kappa shape index (κ3) is 12.1. The van der Waals surface area contributed by atoms with Crippen molar-refractivity contribution < 1.29 is 36.5 Å². The van der Waals surface area contributed by atoms with Crippen LogP contribution in [-0.4, -0.2) is 77.8 Å². The molecule has 0 aliphatic carbocycles. The summed E-state index contributed by atoms with van der Waals surface area (Å²) in [4.78, 5) is 3.08. The van der Waals surface area contributed by atoms with Crippen molar-refractivity contribution in [2.45, 2.75) is 133 Å². The highest BCUT2D eigenvalue weighted by molar-refractivity contribution is 7.90. The maximum absolute atomic E-state index is 14.0. The molecule has 0 spiro atoms. The highest BCUT2D eigenvalue weighted by Gasteiger charge is 2.55. The SMILES string of the molecule is CC(C)[Si](O[C@H]1[C@@H](OCCc2cn(S(=O)(=O)c3ccccc3)c3ccccc23)O[C@@H](COCCCCCN=[N+]=[N-])[C@H](OCc2ccccc2)[C@H]1OCc1ccccc1)(C(C)C)C(C)C. The van der Waals surface area contributed by atoms with E-state index in [0.29, 0.717) is 38.3 Å². The van der Waals surface area contributed by atoms with E-state index in [-0.39, 0.29) is 34.7 Å². The summed E-state index contributed by atoms with van der Waals surface area (Å²) >= 11 is 0. The molecule has 4 aromatic carbocycles. The average Bonchev–Trinajstić information content (AvgIpc) is 3.68. The molecule has 1 aliphatic heterocycles. The second-order valence-corrected chi connectivity index (χ2v) is 24.7. The number of para-hydroxylation sites is 1. The largest absolute Gasteiger partial charge is 0.405 e. The molecule has 0 amide bonds. The van der Waals surface area contributed by atoms with Crippen LogP contribution in [0.5, 0.6) is 0 Å². The summed E-state index contributed by atoms with van der Waals surface area (Å²) in [7, 11) is -6.48. The number of fused-ring (bicyclic) bond motifs is 1. The number of benzene rings is 4. The van der Waals surface area contributed by atoms with E-state index >= 15 is 0 Å². The number of azide groups is 1. The smallest absolute Gasteiger partial charge is 0.268 e. The lowest BCUT2D eigenvalue weighted by molar-refractivity contribution is -0.315. The van der Waals surface area contributed by atoms with E-state index in [1.54, 1.807) is 36.5 Å². The number of hydrogen-bond acceptors (Lipinski definition) is 9. The molecule has 0 radical (unpaired) electrons. The molecule has 0 saturated carbocycles. The molecular formula is C50H66N4O8SSi. The molecule has 5 atom stereocenters. The van der Waals surface area contributed by atoms with Gasteiger partial charge in [0.1, 0.15) is 24.4 Å². The van der Waals surface area contributed by atoms with Crippen molar-refractivity contribution in [3.8, 4) is 0 Å². The molecule has 6 rings (SSSR count). The van der Waals surface area contributed by atoms with Crippen LogP contribution in [0, 0.1) is 0 Å². The normalized spacial score (nSPS) is 19.4. The standard InChI is InChI=1S/C50H66N4O8SSi/c1-37(2)64(38(3)4,39(5)6)62-49-48(60-35-41-23-13-8-14-24-41)47(59-34-40-21-11-7-12-22-40)46(36-57-31-20-10-19-30-52-53-51)61-50(49)58-32-29-42-33-54(45-28-18-17-27-44(42)45)63(55,56)43-25-15-9-16-26-43/h7-9,11-18,21-28,33,37-39,46-50H,10,19-20,29-32,34-36H2,1-6H3/t46-,47-,48+,49+,50-/m0/s1. The fourth-order valence-electron chi connectivity index (χ4n) is 9.26. The Morgan fingerprint density at radius 2 is 1.28 bits per heavy atom. The number of nitrogens with zero attached hydrogens (tertiary/aromatic N) is 4. The quantitative estimate of drug-likeness (QED) is 0.0185. The second kappa shape index (κ2) is 23.7. The van der Waals surface area contributed by atoms with Crippen LogP contribution in [0.25, 0.3) is 21.3 Å². The van der Waals surface area contributed by atoms with Gasteiger partial charge in [-0.3, -0.25) is 0 Å². The number of aromatic nitrogens is 1. The van der Waals surface area contributed by atoms with Crippen molar-refractivity contribution >= 4 is 29.2 Å². The molecule has 12 nitrogen and oxygen atoms in total. The lowest BCUT2D eigenvalue weighted by Crippen LogP contribution is -2.65. The Bertz CT molecular complexity index is 2300. The Kier molecular flexibility index (Phi) is 18.2. The van der Waals surface area contributed by atoms with Gasteiger partial charge in [-0.05, 0) is 76.3 Å². The first kappa shape index (κ1) is 49.1. The Morgan fingerprint density at radius 1 is 0.703 bits per heavy atom. The van der Waals surface area contributed by atoms with Gasteiger partial charge in [-0.2, -0.15) is 0 Å². The summed E-state index contributed by atoms with van der Waals surface area (Å²) in [6.45, 7) is 15.6. The van der Waals surface area contributed by atoms with Crippen LogP contribution in [0.2, 0.25) is 16.6 Å². The summed E-state index contributed by atoms with van der Waals surface area (Å²) < 4.78 is 71.3. The summed E-state index contributed by atoms with van der Waals surface area (Å²) in [6.07, 6.45) is 1.18. The number of ether oxygens (including phenoxy) is 5. The zero-order valence-corrected chi connectivity index (χ0v) is 40.0. The van der Waals surface area contributed by atoms with Crippen LogP contribution in [0.4, 0.5) is 0 Å². The molecule has 344 valence electrons. The van der Waals surface area contributed by atoms with E-state index in [9.17, 15) is 8.42 Å². The van der Waals surface area contributed by atoms with E-state index in [0.717, 1.165) is 41.3 Å². The molecule has 1 aliphatic rings. The van der Waals surface area contributed by atoms with Gasteiger partial charge in [0.15, 0.2) is 6.29 Å². The van der Waals surface area contributed by atoms with Crippen molar-refractivity contribution in [2.24, 2.45) is 5.11 Å². The second-order valence-electron chi connectivity index (χ2n) is 17.5. The van der Waals surface area contributed by atoms with Crippen molar-refractivity contribution in [3.63, 3.8) is 0 Å². The molecule has 0 unspecified atom stereocenters. The van der Waals surface area contributed by atoms with Crippen LogP contribution in [0.1, 0.15) is 77.5 Å². The Hall–Kier alpha value is -4.34. The molecule has 5 aromatic rings. The Morgan fingerprint density at radius 3 is 1.89 bits per heavy atom. The highest BCUT2D eigenvalue weighted by atomic mass is 32.2. The third-order valence-electron chi connectivity index (χ3n) is 12.3. The fourth-order valence-corrected chi connectivity index (χ4v) is 16.2. The van der Waals surface area contributed by atoms with Crippen molar-refractivity contribution in [1.29, 1.82) is 0 Å². The monoisotopic (exact) mass is 910 g/mol. The van der Waals surface area contributed by atoms with Gasteiger partial charge in [-0.25, -0.2) is 12.4 Å². The predicted molar refractivity (Wildman–Crippen MR) is 254 cm³/mol. The topological polar surface area (TPSA) is 143 Å². The predicted octanol–water partition coefficient (Wildman–Crippen LogP) is 11.4. The minimum Gasteiger partial charge on any atom is -0.405 e. The summed E-state index contributed by atoms with van der Waals surface area (Å²) in [6, 6.07) is 36.2.